The summed E-state index contributed by atoms with van der Waals surface area (Å²) in [6.07, 6.45) is 2.25. The van der Waals surface area contributed by atoms with Gasteiger partial charge in [-0.3, -0.25) is 10.1 Å². The molecule has 2 aromatic rings. The van der Waals surface area contributed by atoms with Gasteiger partial charge in [-0.15, -0.1) is 5.11 Å². The number of nitro benzene ring substituents is 1. The normalized spacial score (nSPS) is 15.3. The number of hydrogen-bond acceptors (Lipinski definition) is 6. The Hall–Kier alpha value is -3.22. The lowest BCUT2D eigenvalue weighted by Crippen LogP contribution is -2.44. The number of rotatable bonds is 5. The molecule has 7 nitrogen and oxygen atoms in total. The van der Waals surface area contributed by atoms with Gasteiger partial charge in [0.15, 0.2) is 0 Å². The SMILES string of the molecule is CCN1c2cc(OC)c(/N=N/c3ccc([N+](=O)[O-])cc3)cc2C(C)=CC1(C)C. The maximum absolute atomic E-state index is 10.8. The van der Waals surface area contributed by atoms with Crippen molar-refractivity contribution in [2.24, 2.45) is 10.2 Å². The second-order valence-electron chi connectivity index (χ2n) is 7.24. The van der Waals surface area contributed by atoms with Crippen molar-refractivity contribution in [3.63, 3.8) is 0 Å². The molecule has 0 N–H and O–H groups in total. The van der Waals surface area contributed by atoms with Crippen molar-refractivity contribution < 1.29 is 9.66 Å². The molecule has 0 aliphatic carbocycles. The van der Waals surface area contributed by atoms with Gasteiger partial charge < -0.3 is 9.64 Å². The molecule has 0 radical (unpaired) electrons. The van der Waals surface area contributed by atoms with Gasteiger partial charge in [0, 0.05) is 36.0 Å². The van der Waals surface area contributed by atoms with Gasteiger partial charge >= 0.3 is 0 Å². The monoisotopic (exact) mass is 380 g/mol. The van der Waals surface area contributed by atoms with Crippen LogP contribution in [0.3, 0.4) is 0 Å². The van der Waals surface area contributed by atoms with Crippen LogP contribution >= 0.6 is 0 Å². The maximum Gasteiger partial charge on any atom is 0.269 e. The lowest BCUT2D eigenvalue weighted by Gasteiger charge is -2.43. The van der Waals surface area contributed by atoms with Gasteiger partial charge in [-0.2, -0.15) is 5.11 Å². The molecule has 0 saturated carbocycles. The summed E-state index contributed by atoms with van der Waals surface area (Å²) in [6, 6.07) is 9.94. The summed E-state index contributed by atoms with van der Waals surface area (Å²) in [4.78, 5) is 12.7. The zero-order valence-electron chi connectivity index (χ0n) is 16.8. The topological polar surface area (TPSA) is 80.3 Å². The van der Waals surface area contributed by atoms with E-state index in [1.54, 1.807) is 19.2 Å². The van der Waals surface area contributed by atoms with Crippen molar-refractivity contribution in [1.29, 1.82) is 0 Å². The number of nitrogens with zero attached hydrogens (tertiary/aromatic N) is 4. The van der Waals surface area contributed by atoms with Crippen LogP contribution in [0.1, 0.15) is 33.3 Å². The summed E-state index contributed by atoms with van der Waals surface area (Å²) in [5.41, 5.74) is 4.47. The first-order valence-electron chi connectivity index (χ1n) is 9.12. The molecule has 1 aliphatic rings. The number of benzene rings is 2. The largest absolute Gasteiger partial charge is 0.494 e. The minimum Gasteiger partial charge on any atom is -0.494 e. The number of likely N-dealkylation sites (N-methyl/N-ethyl adjacent to an activating group) is 1. The highest BCUT2D eigenvalue weighted by molar-refractivity contribution is 5.85. The molecule has 146 valence electrons. The molecule has 0 fully saturated rings. The molecule has 0 bridgehead atoms. The van der Waals surface area contributed by atoms with Gasteiger partial charge in [0.2, 0.25) is 0 Å². The summed E-state index contributed by atoms with van der Waals surface area (Å²) in [7, 11) is 1.61. The van der Waals surface area contributed by atoms with Crippen LogP contribution in [-0.4, -0.2) is 24.1 Å². The predicted octanol–water partition coefficient (Wildman–Crippen LogP) is 6.04. The number of nitro groups is 1. The number of allylic oxidation sites excluding steroid dienone is 1. The highest BCUT2D eigenvalue weighted by Crippen LogP contribution is 2.44. The average Bonchev–Trinajstić information content (AvgIpc) is 2.65. The number of ether oxygens (including phenoxy) is 1. The van der Waals surface area contributed by atoms with Crippen molar-refractivity contribution in [3.05, 3.63) is 58.2 Å². The third-order valence-corrected chi connectivity index (χ3v) is 4.93. The number of azo groups is 1. The van der Waals surface area contributed by atoms with Crippen LogP contribution in [0.5, 0.6) is 5.75 Å². The van der Waals surface area contributed by atoms with Crippen molar-refractivity contribution in [2.45, 2.75) is 33.2 Å². The van der Waals surface area contributed by atoms with Gasteiger partial charge in [0.05, 0.1) is 23.3 Å². The molecule has 0 amide bonds. The molecule has 28 heavy (non-hydrogen) atoms. The summed E-state index contributed by atoms with van der Waals surface area (Å²) < 4.78 is 5.56. The Morgan fingerprint density at radius 3 is 2.43 bits per heavy atom. The van der Waals surface area contributed by atoms with Gasteiger partial charge in [-0.25, -0.2) is 0 Å². The minimum atomic E-state index is -0.441. The zero-order chi connectivity index (χ0) is 20.5. The predicted molar refractivity (Wildman–Crippen MR) is 111 cm³/mol. The van der Waals surface area contributed by atoms with Crippen LogP contribution in [0.2, 0.25) is 0 Å². The van der Waals surface area contributed by atoms with Crippen molar-refractivity contribution in [2.75, 3.05) is 18.6 Å². The van der Waals surface area contributed by atoms with Crippen LogP contribution in [0.15, 0.2) is 52.7 Å². The molecule has 7 heteroatoms. The minimum absolute atomic E-state index is 0.0216. The van der Waals surface area contributed by atoms with E-state index >= 15 is 0 Å². The molecule has 1 aliphatic heterocycles. The number of methoxy groups -OCH3 is 1. The van der Waals surface area contributed by atoms with E-state index in [0.717, 1.165) is 17.8 Å². The van der Waals surface area contributed by atoms with Crippen molar-refractivity contribution in [1.82, 2.24) is 0 Å². The highest BCUT2D eigenvalue weighted by atomic mass is 16.6. The molecular weight excluding hydrogens is 356 g/mol. The van der Waals surface area contributed by atoms with E-state index < -0.39 is 4.92 Å². The van der Waals surface area contributed by atoms with Gasteiger partial charge in [-0.05, 0) is 51.5 Å². The van der Waals surface area contributed by atoms with Gasteiger partial charge in [0.25, 0.3) is 5.69 Å². The maximum atomic E-state index is 10.8. The number of hydrogen-bond donors (Lipinski definition) is 0. The highest BCUT2D eigenvalue weighted by Gasteiger charge is 2.31. The van der Waals surface area contributed by atoms with E-state index in [4.69, 9.17) is 4.74 Å². The summed E-state index contributed by atoms with van der Waals surface area (Å²) in [6.45, 7) is 9.48. The number of fused-ring (bicyclic) bond motifs is 1. The Morgan fingerprint density at radius 1 is 1.18 bits per heavy atom. The summed E-state index contributed by atoms with van der Waals surface area (Å²) >= 11 is 0. The fraction of sp³-hybridized carbons (Fsp3) is 0.333. The smallest absolute Gasteiger partial charge is 0.269 e. The summed E-state index contributed by atoms with van der Waals surface area (Å²) in [5, 5.41) is 19.3. The Labute approximate surface area is 164 Å². The Balaban J connectivity index is 2.01. The summed E-state index contributed by atoms with van der Waals surface area (Å²) in [5.74, 6) is 0.633. The quantitative estimate of drug-likeness (QED) is 0.360. The lowest BCUT2D eigenvalue weighted by atomic mass is 9.88. The van der Waals surface area contributed by atoms with Crippen LogP contribution in [0, 0.1) is 10.1 Å². The molecule has 3 rings (SSSR count). The standard InChI is InChI=1S/C21H24N4O3/c1-6-24-19-12-20(28-5)18(11-17(19)14(2)13-21(24,3)4)23-22-15-7-9-16(10-8-15)25(26)27/h7-13H,6H2,1-5H3/b23-22+. The van der Waals surface area contributed by atoms with Crippen LogP contribution in [0.25, 0.3) is 5.57 Å². The first kappa shape index (κ1) is 19.5. The van der Waals surface area contributed by atoms with Crippen LogP contribution < -0.4 is 9.64 Å². The van der Waals surface area contributed by atoms with E-state index in [1.165, 1.54) is 17.7 Å². The zero-order valence-corrected chi connectivity index (χ0v) is 16.8. The molecule has 0 unspecified atom stereocenters. The number of non-ortho nitro benzene ring substituents is 1. The molecule has 0 spiro atoms. The van der Waals surface area contributed by atoms with Gasteiger partial charge in [-0.1, -0.05) is 6.08 Å². The van der Waals surface area contributed by atoms with Crippen molar-refractivity contribution >= 4 is 28.3 Å². The van der Waals surface area contributed by atoms with E-state index in [2.05, 4.69) is 48.9 Å². The molecule has 0 atom stereocenters. The first-order chi connectivity index (χ1) is 13.3. The Kier molecular flexibility index (Phi) is 5.18. The third-order valence-electron chi connectivity index (χ3n) is 4.93. The Bertz CT molecular complexity index is 962. The van der Waals surface area contributed by atoms with E-state index in [0.29, 0.717) is 17.1 Å². The second-order valence-corrected chi connectivity index (χ2v) is 7.24. The van der Waals surface area contributed by atoms with Crippen molar-refractivity contribution in [3.8, 4) is 5.75 Å². The van der Waals surface area contributed by atoms with E-state index in [1.807, 2.05) is 12.1 Å². The number of anilines is 1. The Morgan fingerprint density at radius 2 is 1.86 bits per heavy atom. The fourth-order valence-corrected chi connectivity index (χ4v) is 3.66. The third kappa shape index (κ3) is 3.60. The van der Waals surface area contributed by atoms with Gasteiger partial charge in [0.1, 0.15) is 11.4 Å². The average molecular weight is 380 g/mol. The fourth-order valence-electron chi connectivity index (χ4n) is 3.66. The van der Waals surface area contributed by atoms with Crippen LogP contribution in [-0.2, 0) is 0 Å². The molecule has 2 aromatic carbocycles. The molecular formula is C21H24N4O3. The molecule has 0 aromatic heterocycles. The van der Waals surface area contributed by atoms with E-state index in [9.17, 15) is 10.1 Å². The molecule has 1 heterocycles. The second kappa shape index (κ2) is 7.42. The van der Waals surface area contributed by atoms with Crippen LogP contribution in [0.4, 0.5) is 22.7 Å². The first-order valence-corrected chi connectivity index (χ1v) is 9.12. The molecule has 0 saturated heterocycles. The lowest BCUT2D eigenvalue weighted by molar-refractivity contribution is -0.384. The van der Waals surface area contributed by atoms with E-state index in [-0.39, 0.29) is 11.2 Å².